The van der Waals surface area contributed by atoms with E-state index >= 15 is 0 Å². The van der Waals surface area contributed by atoms with E-state index in [1.165, 1.54) is 0 Å². The molecule has 0 spiro atoms. The van der Waals surface area contributed by atoms with Crippen molar-refractivity contribution in [1.29, 1.82) is 0 Å². The number of nitrogens with one attached hydrogen (secondary N) is 1. The first kappa shape index (κ1) is 16.0. The molecule has 25 heavy (non-hydrogen) atoms. The van der Waals surface area contributed by atoms with Crippen molar-refractivity contribution in [1.82, 2.24) is 20.0 Å². The molecule has 1 N–H and O–H groups in total. The van der Waals surface area contributed by atoms with Crippen molar-refractivity contribution < 1.29 is 14.3 Å². The summed E-state index contributed by atoms with van der Waals surface area (Å²) in [4.78, 5) is 28.0. The van der Waals surface area contributed by atoms with E-state index < -0.39 is 0 Å². The molecule has 2 atom stereocenters. The fourth-order valence-electron chi connectivity index (χ4n) is 3.41. The molecule has 1 aromatic carbocycles. The van der Waals surface area contributed by atoms with Gasteiger partial charge < -0.3 is 9.64 Å². The van der Waals surface area contributed by atoms with Gasteiger partial charge in [-0.15, -0.1) is 0 Å². The number of hydrogen-bond acceptors (Lipinski definition) is 4. The molecule has 2 fully saturated rings. The highest BCUT2D eigenvalue weighted by molar-refractivity contribution is 6.30. The maximum atomic E-state index is 12.4. The second-order valence-electron chi connectivity index (χ2n) is 6.24. The van der Waals surface area contributed by atoms with Crippen LogP contribution in [0.1, 0.15) is 16.1 Å². The summed E-state index contributed by atoms with van der Waals surface area (Å²) in [5.74, 6) is -0.127. The number of benzene rings is 1. The Bertz CT molecular complexity index is 795. The van der Waals surface area contributed by atoms with E-state index in [2.05, 4.69) is 10.2 Å². The number of carbonyl (C=O) groups excluding carboxylic acids is 2. The number of H-pyrrole nitrogens is 1. The van der Waals surface area contributed by atoms with E-state index in [4.69, 9.17) is 16.3 Å². The molecule has 1 aromatic heterocycles. The number of hydrogen-bond donors (Lipinski definition) is 1. The molecule has 0 bridgehead atoms. The molecule has 2 aliphatic rings. The number of aromatic nitrogens is 2. The maximum absolute atomic E-state index is 12.4. The highest BCUT2D eigenvalue weighted by Crippen LogP contribution is 2.28. The number of likely N-dealkylation sites (tertiary alicyclic amines) is 1. The Hall–Kier alpha value is -2.54. The molecule has 130 valence electrons. The van der Waals surface area contributed by atoms with Gasteiger partial charge in [0.2, 0.25) is 0 Å². The molecule has 0 unspecified atom stereocenters. The molecule has 0 saturated carbocycles. The maximum Gasteiger partial charge on any atom is 0.410 e. The number of ether oxygens (including phenoxy) is 1. The third-order valence-electron chi connectivity index (χ3n) is 4.67. The fraction of sp³-hybridized carbons (Fsp3) is 0.353. The average molecular weight is 361 g/mol. The highest BCUT2D eigenvalue weighted by atomic mass is 35.5. The predicted molar refractivity (Wildman–Crippen MR) is 90.4 cm³/mol. The van der Waals surface area contributed by atoms with E-state index in [0.29, 0.717) is 36.8 Å². The number of rotatable bonds is 4. The van der Waals surface area contributed by atoms with E-state index in [1.54, 1.807) is 22.1 Å². The van der Waals surface area contributed by atoms with Crippen LogP contribution in [0.2, 0.25) is 5.02 Å². The first-order chi connectivity index (χ1) is 12.1. The van der Waals surface area contributed by atoms with Gasteiger partial charge in [0, 0.05) is 24.3 Å². The number of fused-ring (bicyclic) bond motifs is 1. The number of amides is 2. The highest BCUT2D eigenvalue weighted by Gasteiger charge is 2.48. The molecular formula is C17H17ClN4O3. The summed E-state index contributed by atoms with van der Waals surface area (Å²) < 4.78 is 5.45. The van der Waals surface area contributed by atoms with Crippen molar-refractivity contribution in [2.45, 2.75) is 18.6 Å². The summed E-state index contributed by atoms with van der Waals surface area (Å²) in [5.41, 5.74) is 1.50. The van der Waals surface area contributed by atoms with Crippen LogP contribution in [0, 0.1) is 0 Å². The van der Waals surface area contributed by atoms with Crippen LogP contribution in [-0.4, -0.2) is 63.8 Å². The van der Waals surface area contributed by atoms with Gasteiger partial charge in [-0.3, -0.25) is 14.8 Å². The van der Waals surface area contributed by atoms with Gasteiger partial charge in [-0.2, -0.15) is 5.10 Å². The third-order valence-corrected chi connectivity index (χ3v) is 4.91. The number of nitrogens with zero attached hydrogens (tertiary/aromatic N) is 3. The van der Waals surface area contributed by atoms with Crippen LogP contribution < -0.4 is 0 Å². The topological polar surface area (TPSA) is 78.5 Å². The van der Waals surface area contributed by atoms with Crippen LogP contribution in [0.5, 0.6) is 0 Å². The van der Waals surface area contributed by atoms with Gasteiger partial charge in [0.1, 0.15) is 11.8 Å². The van der Waals surface area contributed by atoms with E-state index in [1.807, 2.05) is 24.3 Å². The second kappa shape index (κ2) is 6.40. The standard InChI is InChI=1S/C17H17ClN4O3/c18-12-3-1-2-11(8-12)5-7-22-14-9-21(10-15(14)25-17(22)24)16(23)13-4-6-19-20-13/h1-4,6,8,14-15H,5,7,9-10H2,(H,19,20)/t14-,15+/m0/s1. The van der Waals surface area contributed by atoms with E-state index in [9.17, 15) is 9.59 Å². The minimum absolute atomic E-state index is 0.112. The van der Waals surface area contributed by atoms with Crippen LogP contribution in [0.4, 0.5) is 4.79 Å². The van der Waals surface area contributed by atoms with Gasteiger partial charge in [-0.05, 0) is 30.2 Å². The van der Waals surface area contributed by atoms with Crippen molar-refractivity contribution in [3.05, 3.63) is 52.8 Å². The van der Waals surface area contributed by atoms with Crippen LogP contribution in [0.3, 0.4) is 0 Å². The summed E-state index contributed by atoms with van der Waals surface area (Å²) in [6.07, 6.45) is 1.64. The van der Waals surface area contributed by atoms with Gasteiger partial charge in [0.05, 0.1) is 12.6 Å². The Morgan fingerprint density at radius 1 is 1.36 bits per heavy atom. The lowest BCUT2D eigenvalue weighted by Crippen LogP contribution is -2.40. The van der Waals surface area contributed by atoms with Crippen molar-refractivity contribution in [3.8, 4) is 0 Å². The monoisotopic (exact) mass is 360 g/mol. The Kier molecular flexibility index (Phi) is 4.09. The number of aromatic amines is 1. The molecule has 2 aliphatic heterocycles. The van der Waals surface area contributed by atoms with Gasteiger partial charge in [-0.1, -0.05) is 23.7 Å². The van der Waals surface area contributed by atoms with Gasteiger partial charge in [-0.25, -0.2) is 4.79 Å². The Morgan fingerprint density at radius 2 is 2.24 bits per heavy atom. The summed E-state index contributed by atoms with van der Waals surface area (Å²) in [6, 6.07) is 9.11. The zero-order valence-electron chi connectivity index (χ0n) is 13.4. The minimum atomic E-state index is -0.314. The van der Waals surface area contributed by atoms with Crippen LogP contribution in [0.15, 0.2) is 36.5 Å². The smallest absolute Gasteiger partial charge is 0.410 e. The average Bonchev–Trinajstić information content (AvgIpc) is 3.29. The summed E-state index contributed by atoms with van der Waals surface area (Å²) in [7, 11) is 0. The third kappa shape index (κ3) is 3.07. The summed E-state index contributed by atoms with van der Waals surface area (Å²) in [5, 5.41) is 7.16. The van der Waals surface area contributed by atoms with Gasteiger partial charge >= 0.3 is 6.09 Å². The fourth-order valence-corrected chi connectivity index (χ4v) is 3.63. The van der Waals surface area contributed by atoms with Crippen molar-refractivity contribution >= 4 is 23.6 Å². The summed E-state index contributed by atoms with van der Waals surface area (Å²) in [6.45, 7) is 1.40. The molecule has 4 rings (SSSR count). The molecule has 2 amide bonds. The van der Waals surface area contributed by atoms with Crippen molar-refractivity contribution in [3.63, 3.8) is 0 Å². The molecule has 2 saturated heterocycles. The lowest BCUT2D eigenvalue weighted by molar-refractivity contribution is 0.0723. The lowest BCUT2D eigenvalue weighted by atomic mass is 10.1. The molecule has 0 radical (unpaired) electrons. The molecule has 8 heteroatoms. The van der Waals surface area contributed by atoms with Gasteiger partial charge in [0.25, 0.3) is 5.91 Å². The molecule has 0 aliphatic carbocycles. The zero-order valence-corrected chi connectivity index (χ0v) is 14.1. The van der Waals surface area contributed by atoms with Crippen molar-refractivity contribution in [2.75, 3.05) is 19.6 Å². The van der Waals surface area contributed by atoms with E-state index in [0.717, 1.165) is 5.56 Å². The first-order valence-corrected chi connectivity index (χ1v) is 8.50. The molecular weight excluding hydrogens is 344 g/mol. The zero-order chi connectivity index (χ0) is 17.4. The van der Waals surface area contributed by atoms with Gasteiger partial charge in [0.15, 0.2) is 0 Å². The first-order valence-electron chi connectivity index (χ1n) is 8.12. The second-order valence-corrected chi connectivity index (χ2v) is 6.68. The lowest BCUT2D eigenvalue weighted by Gasteiger charge is -2.22. The van der Waals surface area contributed by atoms with Crippen LogP contribution in [0.25, 0.3) is 0 Å². The summed E-state index contributed by atoms with van der Waals surface area (Å²) >= 11 is 6.00. The SMILES string of the molecule is O=C(c1ccn[nH]1)N1C[C@H]2OC(=O)N(CCc3cccc(Cl)c3)[C@H]2C1. The predicted octanol–water partition coefficient (Wildman–Crippen LogP) is 1.95. The largest absolute Gasteiger partial charge is 0.442 e. The Labute approximate surface area is 149 Å². The normalized spacial score (nSPS) is 22.2. The number of halogens is 1. The molecule has 3 heterocycles. The van der Waals surface area contributed by atoms with Crippen LogP contribution >= 0.6 is 11.6 Å². The van der Waals surface area contributed by atoms with Crippen molar-refractivity contribution in [2.24, 2.45) is 0 Å². The Morgan fingerprint density at radius 3 is 3.00 bits per heavy atom. The van der Waals surface area contributed by atoms with E-state index in [-0.39, 0.29) is 24.1 Å². The quantitative estimate of drug-likeness (QED) is 0.904. The Balaban J connectivity index is 1.42. The van der Waals surface area contributed by atoms with Crippen LogP contribution in [-0.2, 0) is 11.2 Å². The number of carbonyl (C=O) groups is 2. The minimum Gasteiger partial charge on any atom is -0.442 e. The molecule has 7 nitrogen and oxygen atoms in total. The molecule has 2 aromatic rings.